The van der Waals surface area contributed by atoms with Gasteiger partial charge in [0.25, 0.3) is 0 Å². The largest absolute Gasteiger partial charge is 0.374 e. The molecule has 2 N–H and O–H groups in total. The maximum Gasteiger partial charge on any atom is 0.242 e. The first-order valence-corrected chi connectivity index (χ1v) is 8.23. The second-order valence-corrected chi connectivity index (χ2v) is 5.97. The summed E-state index contributed by atoms with van der Waals surface area (Å²) in [5.41, 5.74) is 0. The minimum absolute atomic E-state index is 0.0275. The molecule has 1 amide bonds. The minimum atomic E-state index is -0.292. The average Bonchev–Trinajstić information content (AvgIpc) is 3.05. The fourth-order valence-electron chi connectivity index (χ4n) is 2.65. The molecule has 0 aromatic carbocycles. The number of hydrogen-bond acceptors (Lipinski definition) is 8. The molecule has 0 bridgehead atoms. The molecule has 0 aliphatic carbocycles. The maximum absolute atomic E-state index is 12.4. The third-order valence-corrected chi connectivity index (χ3v) is 4.06. The second-order valence-electron chi connectivity index (χ2n) is 5.97. The highest BCUT2D eigenvalue weighted by molar-refractivity contribution is 5.93. The minimum Gasteiger partial charge on any atom is -0.374 e. The van der Waals surface area contributed by atoms with E-state index < -0.39 is 0 Å². The highest BCUT2D eigenvalue weighted by Gasteiger charge is 2.28. The van der Waals surface area contributed by atoms with Gasteiger partial charge < -0.3 is 19.9 Å². The topological polar surface area (TPSA) is 105 Å². The Bertz CT molecular complexity index is 692. The van der Waals surface area contributed by atoms with Crippen molar-refractivity contribution < 1.29 is 14.1 Å². The molecule has 3 heterocycles. The van der Waals surface area contributed by atoms with Gasteiger partial charge in [0, 0.05) is 31.9 Å². The Kier molecular flexibility index (Phi) is 5.56. The van der Waals surface area contributed by atoms with Crippen molar-refractivity contribution in [2.75, 3.05) is 36.9 Å². The second kappa shape index (κ2) is 8.04. The molecule has 9 heteroatoms. The zero-order valence-electron chi connectivity index (χ0n) is 14.3. The van der Waals surface area contributed by atoms with E-state index >= 15 is 0 Å². The number of hydrogen-bond donors (Lipinski definition) is 2. The number of morpholine rings is 1. The van der Waals surface area contributed by atoms with Gasteiger partial charge in [-0.3, -0.25) is 9.69 Å². The molecule has 1 aliphatic rings. The number of nitrogens with one attached hydrogen (secondary N) is 2. The number of carbonyl (C=O) groups is 1. The molecule has 0 spiro atoms. The van der Waals surface area contributed by atoms with Gasteiger partial charge in [-0.2, -0.15) is 5.10 Å². The van der Waals surface area contributed by atoms with Crippen molar-refractivity contribution in [2.45, 2.75) is 26.0 Å². The number of nitrogens with zero attached hydrogens (tertiary/aromatic N) is 4. The van der Waals surface area contributed by atoms with Crippen molar-refractivity contribution in [3.05, 3.63) is 30.2 Å². The van der Waals surface area contributed by atoms with Crippen LogP contribution < -0.4 is 10.6 Å². The molecule has 1 saturated heterocycles. The highest BCUT2D eigenvalue weighted by Crippen LogP contribution is 2.13. The fraction of sp³-hybridized carbons (Fsp3) is 0.500. The van der Waals surface area contributed by atoms with E-state index in [1.807, 2.05) is 19.1 Å². The van der Waals surface area contributed by atoms with Crippen molar-refractivity contribution in [2.24, 2.45) is 0 Å². The summed E-state index contributed by atoms with van der Waals surface area (Å²) in [6, 6.07) is 5.07. The monoisotopic (exact) mass is 346 g/mol. The van der Waals surface area contributed by atoms with Gasteiger partial charge in [-0.05, 0) is 26.0 Å². The lowest BCUT2D eigenvalue weighted by molar-refractivity contribution is -0.123. The smallest absolute Gasteiger partial charge is 0.242 e. The van der Waals surface area contributed by atoms with Gasteiger partial charge in [0.15, 0.2) is 5.82 Å². The lowest BCUT2D eigenvalue weighted by Gasteiger charge is -2.36. The van der Waals surface area contributed by atoms with Crippen molar-refractivity contribution in [3.8, 4) is 0 Å². The molecule has 2 aromatic rings. The molecular weight excluding hydrogens is 324 g/mol. The Labute approximate surface area is 145 Å². The summed E-state index contributed by atoms with van der Waals surface area (Å²) in [4.78, 5) is 14.5. The van der Waals surface area contributed by atoms with Crippen LogP contribution in [0.15, 0.2) is 28.9 Å². The molecule has 1 aliphatic heterocycles. The zero-order valence-corrected chi connectivity index (χ0v) is 14.3. The predicted octanol–water partition coefficient (Wildman–Crippen LogP) is 0.913. The van der Waals surface area contributed by atoms with Crippen LogP contribution >= 0.6 is 0 Å². The summed E-state index contributed by atoms with van der Waals surface area (Å²) in [7, 11) is 0. The van der Waals surface area contributed by atoms with E-state index in [2.05, 4.69) is 30.9 Å². The summed E-state index contributed by atoms with van der Waals surface area (Å²) < 4.78 is 10.7. The quantitative estimate of drug-likeness (QED) is 0.795. The summed E-state index contributed by atoms with van der Waals surface area (Å²) in [6.07, 6.45) is 1.60. The van der Waals surface area contributed by atoms with Gasteiger partial charge in [-0.1, -0.05) is 5.16 Å². The summed E-state index contributed by atoms with van der Waals surface area (Å²) >= 11 is 0. The van der Waals surface area contributed by atoms with Gasteiger partial charge in [-0.25, -0.2) is 0 Å². The Morgan fingerprint density at radius 1 is 1.48 bits per heavy atom. The summed E-state index contributed by atoms with van der Waals surface area (Å²) in [6.45, 7) is 6.19. The first-order chi connectivity index (χ1) is 12.1. The Hall–Kier alpha value is -2.52. The summed E-state index contributed by atoms with van der Waals surface area (Å²) in [5.74, 6) is 1.68. The average molecular weight is 346 g/mol. The van der Waals surface area contributed by atoms with Gasteiger partial charge in [0.2, 0.25) is 5.91 Å². The molecule has 134 valence electrons. The number of amides is 1. The van der Waals surface area contributed by atoms with E-state index in [-0.39, 0.29) is 18.1 Å². The molecule has 25 heavy (non-hydrogen) atoms. The Morgan fingerprint density at radius 3 is 3.08 bits per heavy atom. The molecular formula is C16H22N6O3. The molecule has 3 rings (SSSR count). The first kappa shape index (κ1) is 17.3. The van der Waals surface area contributed by atoms with Gasteiger partial charge in [0.05, 0.1) is 18.8 Å². The van der Waals surface area contributed by atoms with Crippen LogP contribution in [-0.4, -0.2) is 64.5 Å². The van der Waals surface area contributed by atoms with Crippen molar-refractivity contribution in [1.29, 1.82) is 0 Å². The van der Waals surface area contributed by atoms with Gasteiger partial charge in [0.1, 0.15) is 11.6 Å². The lowest BCUT2D eigenvalue weighted by atomic mass is 10.2. The van der Waals surface area contributed by atoms with Crippen LogP contribution in [-0.2, 0) is 9.53 Å². The molecule has 2 aromatic heterocycles. The van der Waals surface area contributed by atoms with E-state index in [4.69, 9.17) is 9.26 Å². The van der Waals surface area contributed by atoms with Crippen LogP contribution in [0.5, 0.6) is 0 Å². The van der Waals surface area contributed by atoms with Crippen LogP contribution in [0.2, 0.25) is 0 Å². The number of ether oxygens (including phenoxy) is 1. The van der Waals surface area contributed by atoms with Crippen molar-refractivity contribution in [1.82, 2.24) is 20.3 Å². The van der Waals surface area contributed by atoms with E-state index in [0.29, 0.717) is 43.6 Å². The molecule has 0 radical (unpaired) electrons. The SMILES string of the molecule is Cc1cc(NC(=O)[C@@H](C)N2CCO[C@H](CNc3cccnn3)C2)no1. The standard InChI is InChI=1S/C16H22N6O3/c1-11-8-15(21-25-11)19-16(23)12(2)22-6-7-24-13(10-22)9-17-14-4-3-5-18-20-14/h3-5,8,12-13H,6-7,9-10H2,1-2H3,(H,17,20)(H,19,21,23)/t12-,13-/m1/s1. The Balaban J connectivity index is 1.50. The third kappa shape index (κ3) is 4.74. The molecule has 0 unspecified atom stereocenters. The van der Waals surface area contributed by atoms with Crippen LogP contribution in [0.25, 0.3) is 0 Å². The van der Waals surface area contributed by atoms with E-state index in [1.54, 1.807) is 19.2 Å². The summed E-state index contributed by atoms with van der Waals surface area (Å²) in [5, 5.41) is 17.6. The molecule has 2 atom stereocenters. The molecule has 9 nitrogen and oxygen atoms in total. The fourth-order valence-corrected chi connectivity index (χ4v) is 2.65. The number of aromatic nitrogens is 3. The molecule has 1 fully saturated rings. The number of anilines is 2. The zero-order chi connectivity index (χ0) is 17.6. The predicted molar refractivity (Wildman–Crippen MR) is 91.2 cm³/mol. The van der Waals surface area contributed by atoms with E-state index in [9.17, 15) is 4.79 Å². The number of rotatable bonds is 6. The van der Waals surface area contributed by atoms with Crippen LogP contribution in [0.1, 0.15) is 12.7 Å². The van der Waals surface area contributed by atoms with Crippen LogP contribution in [0.3, 0.4) is 0 Å². The number of carbonyl (C=O) groups excluding carboxylic acids is 1. The number of aryl methyl sites for hydroxylation is 1. The maximum atomic E-state index is 12.4. The van der Waals surface area contributed by atoms with Gasteiger partial charge in [-0.15, -0.1) is 5.10 Å². The van der Waals surface area contributed by atoms with E-state index in [0.717, 1.165) is 0 Å². The third-order valence-electron chi connectivity index (χ3n) is 4.06. The molecule has 0 saturated carbocycles. The van der Waals surface area contributed by atoms with Crippen molar-refractivity contribution in [3.63, 3.8) is 0 Å². The van der Waals surface area contributed by atoms with E-state index in [1.165, 1.54) is 0 Å². The van der Waals surface area contributed by atoms with Crippen LogP contribution in [0, 0.1) is 6.92 Å². The van der Waals surface area contributed by atoms with Crippen LogP contribution in [0.4, 0.5) is 11.6 Å². The Morgan fingerprint density at radius 2 is 2.36 bits per heavy atom. The first-order valence-electron chi connectivity index (χ1n) is 8.23. The van der Waals surface area contributed by atoms with Gasteiger partial charge >= 0.3 is 0 Å². The highest BCUT2D eigenvalue weighted by atomic mass is 16.5. The lowest BCUT2D eigenvalue weighted by Crippen LogP contribution is -2.52. The van der Waals surface area contributed by atoms with Crippen molar-refractivity contribution >= 4 is 17.5 Å². The normalized spacial score (nSPS) is 19.4.